The Labute approximate surface area is 92.2 Å². The Morgan fingerprint density at radius 1 is 1.53 bits per heavy atom. The van der Waals surface area contributed by atoms with Crippen LogP contribution in [0.4, 0.5) is 0 Å². The van der Waals surface area contributed by atoms with E-state index in [-0.39, 0.29) is 12.2 Å². The maximum absolute atomic E-state index is 12.1. The summed E-state index contributed by atoms with van der Waals surface area (Å²) < 4.78 is 0. The first-order chi connectivity index (χ1) is 6.97. The van der Waals surface area contributed by atoms with Crippen LogP contribution in [0.25, 0.3) is 0 Å². The van der Waals surface area contributed by atoms with Crippen molar-refractivity contribution >= 4 is 5.91 Å². The second kappa shape index (κ2) is 3.48. The predicted octanol–water partition coefficient (Wildman–Crippen LogP) is 1.73. The second-order valence-corrected chi connectivity index (χ2v) is 5.64. The molecule has 2 fully saturated rings. The summed E-state index contributed by atoms with van der Waals surface area (Å²) >= 11 is 0. The van der Waals surface area contributed by atoms with E-state index >= 15 is 0 Å². The first-order valence-corrected chi connectivity index (χ1v) is 6.05. The Balaban J connectivity index is 2.04. The van der Waals surface area contributed by atoms with Crippen molar-refractivity contribution in [3.8, 4) is 0 Å². The van der Waals surface area contributed by atoms with E-state index < -0.39 is 0 Å². The van der Waals surface area contributed by atoms with Gasteiger partial charge in [0.2, 0.25) is 5.91 Å². The van der Waals surface area contributed by atoms with Gasteiger partial charge in [0, 0.05) is 6.04 Å². The van der Waals surface area contributed by atoms with Gasteiger partial charge in [0.1, 0.15) is 0 Å². The molecular formula is C12H22N2O. The molecule has 3 unspecified atom stereocenters. The lowest BCUT2D eigenvalue weighted by atomic mass is 10.1. The molecule has 2 aliphatic rings. The zero-order valence-corrected chi connectivity index (χ0v) is 10.2. The number of hydrogen-bond donors (Lipinski definition) is 1. The van der Waals surface area contributed by atoms with Crippen LogP contribution in [0.5, 0.6) is 0 Å². The highest BCUT2D eigenvalue weighted by molar-refractivity contribution is 5.85. The molecule has 1 aliphatic heterocycles. The van der Waals surface area contributed by atoms with Crippen molar-refractivity contribution in [1.29, 1.82) is 0 Å². The highest BCUT2D eigenvalue weighted by Gasteiger charge is 2.55. The van der Waals surface area contributed by atoms with Gasteiger partial charge in [-0.25, -0.2) is 0 Å². The minimum Gasteiger partial charge on any atom is -0.323 e. The average molecular weight is 210 g/mol. The minimum atomic E-state index is 0.0707. The van der Waals surface area contributed by atoms with E-state index in [0.29, 0.717) is 17.4 Å². The van der Waals surface area contributed by atoms with Crippen LogP contribution in [0.1, 0.15) is 47.0 Å². The summed E-state index contributed by atoms with van der Waals surface area (Å²) in [7, 11) is 0. The molecule has 1 aliphatic carbocycles. The highest BCUT2D eigenvalue weighted by atomic mass is 16.2. The Morgan fingerprint density at radius 2 is 2.13 bits per heavy atom. The van der Waals surface area contributed by atoms with Crippen LogP contribution in [0.2, 0.25) is 0 Å². The maximum atomic E-state index is 12.1. The quantitative estimate of drug-likeness (QED) is 0.769. The highest BCUT2D eigenvalue weighted by Crippen LogP contribution is 2.50. The number of carbonyl (C=O) groups excluding carboxylic acids is 1. The molecule has 0 bridgehead atoms. The number of amides is 1. The molecule has 0 aromatic heterocycles. The van der Waals surface area contributed by atoms with Crippen molar-refractivity contribution in [2.45, 2.75) is 65.2 Å². The fourth-order valence-corrected chi connectivity index (χ4v) is 2.65. The molecule has 0 aromatic carbocycles. The molecule has 15 heavy (non-hydrogen) atoms. The molecule has 3 atom stereocenters. The van der Waals surface area contributed by atoms with Gasteiger partial charge in [0.25, 0.3) is 0 Å². The molecule has 1 amide bonds. The summed E-state index contributed by atoms with van der Waals surface area (Å²) in [6.07, 6.45) is 3.41. The monoisotopic (exact) mass is 210 g/mol. The lowest BCUT2D eigenvalue weighted by Crippen LogP contribution is -2.38. The predicted molar refractivity (Wildman–Crippen MR) is 60.3 cm³/mol. The first kappa shape index (κ1) is 10.9. The van der Waals surface area contributed by atoms with E-state index in [1.54, 1.807) is 0 Å². The number of nitrogens with one attached hydrogen (secondary N) is 1. The summed E-state index contributed by atoms with van der Waals surface area (Å²) in [5.41, 5.74) is 0.340. The van der Waals surface area contributed by atoms with Gasteiger partial charge in [0.05, 0.1) is 12.2 Å². The van der Waals surface area contributed by atoms with Crippen LogP contribution in [-0.2, 0) is 4.79 Å². The Bertz CT molecular complexity index is 275. The smallest absolute Gasteiger partial charge is 0.241 e. The van der Waals surface area contributed by atoms with E-state index in [9.17, 15) is 4.79 Å². The minimum absolute atomic E-state index is 0.0707. The third-order valence-electron chi connectivity index (χ3n) is 3.79. The molecule has 3 nitrogen and oxygen atoms in total. The third-order valence-corrected chi connectivity index (χ3v) is 3.79. The van der Waals surface area contributed by atoms with Crippen LogP contribution in [-0.4, -0.2) is 29.1 Å². The van der Waals surface area contributed by atoms with Gasteiger partial charge >= 0.3 is 0 Å². The van der Waals surface area contributed by atoms with Gasteiger partial charge in [-0.1, -0.05) is 27.2 Å². The van der Waals surface area contributed by atoms with Gasteiger partial charge in [0.15, 0.2) is 0 Å². The summed E-state index contributed by atoms with van der Waals surface area (Å²) in [6, 6.07) is 0.538. The van der Waals surface area contributed by atoms with Crippen LogP contribution in [0, 0.1) is 5.41 Å². The SMILES string of the molecule is CCCC1NC(C)N(C2CC2(C)C)C1=O. The molecule has 0 spiro atoms. The lowest BCUT2D eigenvalue weighted by molar-refractivity contribution is -0.131. The average Bonchev–Trinajstić information content (AvgIpc) is 2.64. The molecule has 0 aromatic rings. The molecule has 0 radical (unpaired) electrons. The Hall–Kier alpha value is -0.570. The van der Waals surface area contributed by atoms with Gasteiger partial charge < -0.3 is 4.90 Å². The van der Waals surface area contributed by atoms with Crippen LogP contribution < -0.4 is 5.32 Å². The zero-order chi connectivity index (χ0) is 11.2. The molecule has 86 valence electrons. The van der Waals surface area contributed by atoms with E-state index in [4.69, 9.17) is 0 Å². The number of carbonyl (C=O) groups is 1. The molecule has 1 N–H and O–H groups in total. The van der Waals surface area contributed by atoms with Gasteiger partial charge in [-0.05, 0) is 25.2 Å². The summed E-state index contributed by atoms with van der Waals surface area (Å²) in [4.78, 5) is 14.2. The van der Waals surface area contributed by atoms with E-state index in [2.05, 4.69) is 37.9 Å². The normalized spacial score (nSPS) is 38.5. The van der Waals surface area contributed by atoms with E-state index in [1.807, 2.05) is 0 Å². The lowest BCUT2D eigenvalue weighted by Gasteiger charge is -2.22. The van der Waals surface area contributed by atoms with Crippen molar-refractivity contribution in [3.05, 3.63) is 0 Å². The number of nitrogens with zero attached hydrogens (tertiary/aromatic N) is 1. The molecule has 1 saturated carbocycles. The molecule has 3 heteroatoms. The summed E-state index contributed by atoms with van der Waals surface area (Å²) in [6.45, 7) is 8.71. The fraction of sp³-hybridized carbons (Fsp3) is 0.917. The van der Waals surface area contributed by atoms with Crippen LogP contribution >= 0.6 is 0 Å². The molecule has 2 rings (SSSR count). The first-order valence-electron chi connectivity index (χ1n) is 6.05. The number of rotatable bonds is 3. The van der Waals surface area contributed by atoms with Crippen molar-refractivity contribution in [3.63, 3.8) is 0 Å². The fourth-order valence-electron chi connectivity index (χ4n) is 2.65. The topological polar surface area (TPSA) is 32.3 Å². The summed E-state index contributed by atoms with van der Waals surface area (Å²) in [5.74, 6) is 0.319. The molecule has 1 saturated heterocycles. The zero-order valence-electron chi connectivity index (χ0n) is 10.2. The van der Waals surface area contributed by atoms with Crippen molar-refractivity contribution < 1.29 is 4.79 Å². The standard InChI is InChI=1S/C12H22N2O/c1-5-6-9-11(15)14(8(2)13-9)10-7-12(10,3)4/h8-10,13H,5-7H2,1-4H3. The molecular weight excluding hydrogens is 188 g/mol. The van der Waals surface area contributed by atoms with Gasteiger partial charge in [-0.3, -0.25) is 10.1 Å². The Morgan fingerprint density at radius 3 is 2.60 bits per heavy atom. The number of hydrogen-bond acceptors (Lipinski definition) is 2. The van der Waals surface area contributed by atoms with Gasteiger partial charge in [-0.15, -0.1) is 0 Å². The molecule has 1 heterocycles. The van der Waals surface area contributed by atoms with E-state index in [1.165, 1.54) is 0 Å². The van der Waals surface area contributed by atoms with Gasteiger partial charge in [-0.2, -0.15) is 0 Å². The third kappa shape index (κ3) is 1.78. The second-order valence-electron chi connectivity index (χ2n) is 5.64. The summed E-state index contributed by atoms with van der Waals surface area (Å²) in [5, 5.41) is 3.39. The van der Waals surface area contributed by atoms with Crippen molar-refractivity contribution in [2.24, 2.45) is 5.41 Å². The van der Waals surface area contributed by atoms with E-state index in [0.717, 1.165) is 19.3 Å². The van der Waals surface area contributed by atoms with Crippen molar-refractivity contribution in [2.75, 3.05) is 0 Å². The van der Waals surface area contributed by atoms with Crippen LogP contribution in [0.3, 0.4) is 0 Å². The Kier molecular flexibility index (Phi) is 2.53. The maximum Gasteiger partial charge on any atom is 0.241 e. The van der Waals surface area contributed by atoms with Crippen LogP contribution in [0.15, 0.2) is 0 Å². The largest absolute Gasteiger partial charge is 0.323 e. The van der Waals surface area contributed by atoms with Crippen molar-refractivity contribution in [1.82, 2.24) is 10.2 Å².